The summed E-state index contributed by atoms with van der Waals surface area (Å²) in [6.07, 6.45) is 17.1. The summed E-state index contributed by atoms with van der Waals surface area (Å²) in [5.41, 5.74) is 6.85. The zero-order chi connectivity index (χ0) is 28.1. The third-order valence-electron chi connectivity index (χ3n) is 7.52. The summed E-state index contributed by atoms with van der Waals surface area (Å²) in [6.45, 7) is 16.2. The quantitative estimate of drug-likeness (QED) is 0.210. The lowest BCUT2D eigenvalue weighted by molar-refractivity contribution is 0.334. The van der Waals surface area contributed by atoms with Gasteiger partial charge < -0.3 is 9.88 Å². The van der Waals surface area contributed by atoms with Crippen LogP contribution in [0.15, 0.2) is 78.1 Å². The molecule has 2 N–H and O–H groups in total. The van der Waals surface area contributed by atoms with E-state index < -0.39 is 0 Å². The van der Waals surface area contributed by atoms with E-state index in [1.165, 1.54) is 43.1 Å². The number of pyridine rings is 1. The van der Waals surface area contributed by atoms with Gasteiger partial charge in [-0.05, 0) is 106 Å². The minimum absolute atomic E-state index is 0.227. The van der Waals surface area contributed by atoms with Gasteiger partial charge in [-0.3, -0.25) is 10.1 Å². The van der Waals surface area contributed by atoms with E-state index in [4.69, 9.17) is 0 Å². The van der Waals surface area contributed by atoms with Crippen LogP contribution in [0.4, 0.5) is 4.39 Å². The van der Waals surface area contributed by atoms with E-state index in [9.17, 15) is 4.39 Å². The van der Waals surface area contributed by atoms with Gasteiger partial charge in [-0.25, -0.2) is 0 Å². The Labute approximate surface area is 238 Å². The highest BCUT2D eigenvalue weighted by Gasteiger charge is 2.14. The monoisotopic (exact) mass is 553 g/mol. The molecule has 0 aromatic carbocycles. The van der Waals surface area contributed by atoms with Crippen LogP contribution in [0.3, 0.4) is 0 Å². The fourth-order valence-electron chi connectivity index (χ4n) is 5.23. The van der Waals surface area contributed by atoms with Gasteiger partial charge in [0.25, 0.3) is 0 Å². The van der Waals surface area contributed by atoms with Crippen molar-refractivity contribution in [2.24, 2.45) is 0 Å². The maximum atomic E-state index is 13.7. The maximum absolute atomic E-state index is 13.7. The molecule has 5 rings (SSSR count). The normalized spacial score (nSPS) is 16.0. The molecule has 0 atom stereocenters. The Morgan fingerprint density at radius 1 is 1.20 bits per heavy atom. The third kappa shape index (κ3) is 6.16. The van der Waals surface area contributed by atoms with E-state index in [1.807, 2.05) is 24.3 Å². The highest BCUT2D eigenvalue weighted by atomic mass is 32.1. The van der Waals surface area contributed by atoms with Crippen molar-refractivity contribution < 1.29 is 4.39 Å². The maximum Gasteiger partial charge on any atom is 0.177 e. The lowest BCUT2D eigenvalue weighted by Crippen LogP contribution is -2.21. The Kier molecular flexibility index (Phi) is 8.72. The number of hydrogen-bond acceptors (Lipinski definition) is 4. The molecule has 206 valence electrons. The first-order valence-corrected chi connectivity index (χ1v) is 14.7. The SMILES string of the molecule is C=C\C(=C/C(=C\C)C(/C)=C/C=c1/[nH]nc(-c2cc3c(-c4ccc(F)s4)nccc3[nH]2)c1=C)CCCN1CCCC1. The van der Waals surface area contributed by atoms with Crippen LogP contribution in [0.1, 0.15) is 39.5 Å². The number of likely N-dealkylation sites (tertiary alicyclic amines) is 1. The summed E-state index contributed by atoms with van der Waals surface area (Å²) in [5, 5.41) is 10.0. The van der Waals surface area contributed by atoms with Crippen molar-refractivity contribution in [1.82, 2.24) is 25.1 Å². The van der Waals surface area contributed by atoms with Crippen LogP contribution in [0.2, 0.25) is 0 Å². The van der Waals surface area contributed by atoms with Crippen LogP contribution in [0.25, 0.3) is 45.5 Å². The number of fused-ring (bicyclic) bond motifs is 1. The average molecular weight is 554 g/mol. The molecule has 5 heterocycles. The second-order valence-electron chi connectivity index (χ2n) is 10.2. The zero-order valence-electron chi connectivity index (χ0n) is 23.3. The van der Waals surface area contributed by atoms with Crippen LogP contribution >= 0.6 is 11.3 Å². The number of nitrogens with zero attached hydrogens (tertiary/aromatic N) is 3. The van der Waals surface area contributed by atoms with Gasteiger partial charge in [-0.15, -0.1) is 11.3 Å². The van der Waals surface area contributed by atoms with Crippen LogP contribution in [-0.2, 0) is 0 Å². The summed E-state index contributed by atoms with van der Waals surface area (Å²) in [5.74, 6) is 0. The van der Waals surface area contributed by atoms with Gasteiger partial charge in [-0.1, -0.05) is 37.5 Å². The molecule has 4 aromatic rings. The summed E-state index contributed by atoms with van der Waals surface area (Å²) in [6, 6.07) is 7.15. The molecule has 0 radical (unpaired) electrons. The number of rotatable bonds is 10. The Morgan fingerprint density at radius 2 is 2.02 bits per heavy atom. The first-order chi connectivity index (χ1) is 19.5. The van der Waals surface area contributed by atoms with Gasteiger partial charge in [0.15, 0.2) is 5.13 Å². The molecule has 5 nitrogen and oxygen atoms in total. The molecule has 0 saturated carbocycles. The number of halogens is 1. The van der Waals surface area contributed by atoms with Crippen molar-refractivity contribution >= 4 is 34.9 Å². The molecule has 1 saturated heterocycles. The first kappa shape index (κ1) is 27.7. The zero-order valence-corrected chi connectivity index (χ0v) is 24.1. The van der Waals surface area contributed by atoms with E-state index in [2.05, 4.69) is 70.3 Å². The molecule has 40 heavy (non-hydrogen) atoms. The van der Waals surface area contributed by atoms with Gasteiger partial charge in [0.2, 0.25) is 0 Å². The fourth-order valence-corrected chi connectivity index (χ4v) is 5.98. The van der Waals surface area contributed by atoms with Gasteiger partial charge in [-0.2, -0.15) is 9.49 Å². The predicted molar refractivity (Wildman–Crippen MR) is 167 cm³/mol. The highest BCUT2D eigenvalue weighted by molar-refractivity contribution is 7.13. The highest BCUT2D eigenvalue weighted by Crippen LogP contribution is 2.33. The molecule has 1 fully saturated rings. The molecular weight excluding hydrogens is 517 g/mol. The minimum atomic E-state index is -0.227. The number of nitrogens with one attached hydrogen (secondary N) is 2. The largest absolute Gasteiger partial charge is 0.353 e. The summed E-state index contributed by atoms with van der Waals surface area (Å²) in [4.78, 5) is 11.3. The minimum Gasteiger partial charge on any atom is -0.353 e. The van der Waals surface area contributed by atoms with Crippen LogP contribution in [0, 0.1) is 5.13 Å². The Morgan fingerprint density at radius 3 is 2.75 bits per heavy atom. The van der Waals surface area contributed by atoms with Crippen LogP contribution < -0.4 is 10.6 Å². The lowest BCUT2D eigenvalue weighted by atomic mass is 10.0. The number of aromatic amines is 2. The molecule has 0 bridgehead atoms. The number of hydrogen-bond donors (Lipinski definition) is 2. The van der Waals surface area contributed by atoms with Crippen molar-refractivity contribution in [3.8, 4) is 22.0 Å². The molecule has 0 spiro atoms. The average Bonchev–Trinajstić information content (AvgIpc) is 3.76. The molecule has 4 aromatic heterocycles. The molecule has 0 amide bonds. The molecule has 0 aliphatic carbocycles. The predicted octanol–water partition coefficient (Wildman–Crippen LogP) is 6.89. The molecule has 0 unspecified atom stereocenters. The van der Waals surface area contributed by atoms with E-state index in [0.717, 1.165) is 79.7 Å². The van der Waals surface area contributed by atoms with Gasteiger partial charge in [0, 0.05) is 22.3 Å². The Balaban J connectivity index is 1.35. The number of H-pyrrole nitrogens is 2. The van der Waals surface area contributed by atoms with E-state index in [0.29, 0.717) is 0 Å². The third-order valence-corrected chi connectivity index (χ3v) is 8.40. The number of aromatic nitrogens is 4. The van der Waals surface area contributed by atoms with E-state index >= 15 is 0 Å². The van der Waals surface area contributed by atoms with Crippen molar-refractivity contribution in [1.29, 1.82) is 0 Å². The molecule has 7 heteroatoms. The second kappa shape index (κ2) is 12.6. The molecular formula is C33H36FN5S. The smallest absolute Gasteiger partial charge is 0.177 e. The lowest BCUT2D eigenvalue weighted by Gasteiger charge is -2.14. The van der Waals surface area contributed by atoms with Crippen molar-refractivity contribution in [2.45, 2.75) is 39.5 Å². The van der Waals surface area contributed by atoms with Gasteiger partial charge in [0.1, 0.15) is 5.69 Å². The number of thiophene rings is 1. The molecule has 1 aliphatic rings. The fraction of sp³-hybridized carbons (Fsp3) is 0.273. The van der Waals surface area contributed by atoms with E-state index in [1.54, 1.807) is 12.3 Å². The van der Waals surface area contributed by atoms with Crippen molar-refractivity contribution in [3.05, 3.63) is 93.8 Å². The van der Waals surface area contributed by atoms with Crippen molar-refractivity contribution in [3.63, 3.8) is 0 Å². The van der Waals surface area contributed by atoms with E-state index in [-0.39, 0.29) is 5.13 Å². The summed E-state index contributed by atoms with van der Waals surface area (Å²) >= 11 is 1.09. The Bertz CT molecular complexity index is 1710. The Hall–Kier alpha value is -3.81. The second-order valence-corrected chi connectivity index (χ2v) is 11.2. The van der Waals surface area contributed by atoms with Crippen LogP contribution in [0.5, 0.6) is 0 Å². The topological polar surface area (TPSA) is 60.6 Å². The summed E-state index contributed by atoms with van der Waals surface area (Å²) < 4.78 is 13.7. The number of allylic oxidation sites excluding steroid dienone is 7. The van der Waals surface area contributed by atoms with Crippen LogP contribution in [-0.4, -0.2) is 44.7 Å². The van der Waals surface area contributed by atoms with Gasteiger partial charge >= 0.3 is 0 Å². The van der Waals surface area contributed by atoms with Crippen molar-refractivity contribution in [2.75, 3.05) is 19.6 Å². The first-order valence-electron chi connectivity index (χ1n) is 13.8. The summed E-state index contributed by atoms with van der Waals surface area (Å²) in [7, 11) is 0. The standard InChI is InChI=1S/C33H36FN5S/c1-5-24(10-9-19-39-17-7-8-18-39)20-25(6-2)22(3)11-12-27-23(4)32(38-37-27)29-21-26-28(36-29)15-16-35-33(26)30-13-14-31(34)40-30/h5-6,11-16,20-21,36-37H,1,4,7-10,17-19H2,2-3H3/b22-11+,24-20+,25-6+,27-12+. The molecule has 1 aliphatic heterocycles. The van der Waals surface area contributed by atoms with Gasteiger partial charge in [0.05, 0.1) is 21.6 Å².